The fraction of sp³-hybridized carbons (Fsp3) is 0. The maximum absolute atomic E-state index is 11.1. The third-order valence-corrected chi connectivity index (χ3v) is 3.25. The van der Waals surface area contributed by atoms with Gasteiger partial charge in [-0.25, -0.2) is 0 Å². The molecule has 0 aliphatic rings. The largest absolute Gasteiger partial charge is 0.453 e. The minimum atomic E-state index is -0.771. The summed E-state index contributed by atoms with van der Waals surface area (Å²) in [6.07, 6.45) is 0. The van der Waals surface area contributed by atoms with Crippen LogP contribution in [0.1, 0.15) is 0 Å². The van der Waals surface area contributed by atoms with Crippen LogP contribution in [0.3, 0.4) is 0 Å². The Hall–Kier alpha value is -3.42. The Labute approximate surface area is 123 Å². The summed E-state index contributed by atoms with van der Waals surface area (Å²) in [5, 5.41) is 22.3. The van der Waals surface area contributed by atoms with Gasteiger partial charge in [-0.2, -0.15) is 0 Å². The second kappa shape index (κ2) is 4.85. The summed E-state index contributed by atoms with van der Waals surface area (Å²) in [4.78, 5) is 20.7. The smallest absolute Gasteiger partial charge is 0.302 e. The molecule has 1 heterocycles. The van der Waals surface area contributed by atoms with Gasteiger partial charge in [0.05, 0.1) is 15.9 Å². The molecule has 8 nitrogen and oxygen atoms in total. The van der Waals surface area contributed by atoms with E-state index in [2.05, 4.69) is 0 Å². The fourth-order valence-corrected chi connectivity index (χ4v) is 2.23. The van der Waals surface area contributed by atoms with Gasteiger partial charge in [0.1, 0.15) is 11.1 Å². The summed E-state index contributed by atoms with van der Waals surface area (Å²) in [7, 11) is 0. The number of nitrogens with zero attached hydrogens (tertiary/aromatic N) is 2. The highest BCUT2D eigenvalue weighted by Gasteiger charge is 2.27. The molecule has 1 aromatic heterocycles. The molecular formula is C14H9N3O5. The standard InChI is InChI=1S/C14H9N3O5/c15-13-11(17(20)21)7-10(16(18)19)9-6-12(22-14(9)13)8-4-2-1-3-5-8/h1-7H,15H2. The molecule has 0 aliphatic carbocycles. The molecule has 0 atom stereocenters. The summed E-state index contributed by atoms with van der Waals surface area (Å²) in [6, 6.07) is 11.2. The first-order chi connectivity index (χ1) is 10.5. The van der Waals surface area contributed by atoms with Crippen LogP contribution in [-0.4, -0.2) is 9.85 Å². The van der Waals surface area contributed by atoms with Crippen molar-refractivity contribution in [2.24, 2.45) is 0 Å². The Morgan fingerprint density at radius 2 is 1.59 bits per heavy atom. The maximum atomic E-state index is 11.1. The van der Waals surface area contributed by atoms with Gasteiger partial charge in [0.25, 0.3) is 5.69 Å². The predicted molar refractivity (Wildman–Crippen MR) is 79.4 cm³/mol. The highest BCUT2D eigenvalue weighted by atomic mass is 16.6. The molecule has 0 bridgehead atoms. The number of nitrogen functional groups attached to an aromatic ring is 1. The van der Waals surface area contributed by atoms with Gasteiger partial charge >= 0.3 is 5.69 Å². The van der Waals surface area contributed by atoms with Crippen molar-refractivity contribution < 1.29 is 14.3 Å². The molecule has 22 heavy (non-hydrogen) atoms. The van der Waals surface area contributed by atoms with E-state index in [1.54, 1.807) is 24.3 Å². The van der Waals surface area contributed by atoms with Gasteiger partial charge in [-0.1, -0.05) is 30.3 Å². The molecule has 2 N–H and O–H groups in total. The Balaban J connectivity index is 2.35. The van der Waals surface area contributed by atoms with E-state index in [1.807, 2.05) is 6.07 Å². The number of hydrogen-bond donors (Lipinski definition) is 1. The maximum Gasteiger partial charge on any atom is 0.302 e. The average Bonchev–Trinajstić information content (AvgIpc) is 2.93. The van der Waals surface area contributed by atoms with E-state index in [4.69, 9.17) is 10.2 Å². The van der Waals surface area contributed by atoms with Crippen LogP contribution in [0.25, 0.3) is 22.3 Å². The second-order valence-corrected chi connectivity index (χ2v) is 4.56. The van der Waals surface area contributed by atoms with Crippen LogP contribution in [-0.2, 0) is 0 Å². The fourth-order valence-electron chi connectivity index (χ4n) is 2.23. The van der Waals surface area contributed by atoms with Crippen molar-refractivity contribution in [3.63, 3.8) is 0 Å². The summed E-state index contributed by atoms with van der Waals surface area (Å²) in [6.45, 7) is 0. The number of non-ortho nitro benzene ring substituents is 1. The molecule has 0 saturated heterocycles. The number of anilines is 1. The second-order valence-electron chi connectivity index (χ2n) is 4.56. The van der Waals surface area contributed by atoms with Gasteiger partial charge in [-0.05, 0) is 6.07 Å². The van der Waals surface area contributed by atoms with E-state index >= 15 is 0 Å². The number of rotatable bonds is 3. The number of nitro groups is 2. The number of hydrogen-bond acceptors (Lipinski definition) is 6. The quantitative estimate of drug-likeness (QED) is 0.448. The third-order valence-electron chi connectivity index (χ3n) is 3.25. The molecule has 0 amide bonds. The zero-order valence-corrected chi connectivity index (χ0v) is 11.1. The molecule has 0 spiro atoms. The highest BCUT2D eigenvalue weighted by molar-refractivity contribution is 6.01. The minimum absolute atomic E-state index is 0.0558. The van der Waals surface area contributed by atoms with Crippen molar-refractivity contribution in [2.75, 3.05) is 5.73 Å². The van der Waals surface area contributed by atoms with Crippen molar-refractivity contribution in [1.29, 1.82) is 0 Å². The molecular weight excluding hydrogens is 290 g/mol. The van der Waals surface area contributed by atoms with Crippen LogP contribution in [0.4, 0.5) is 17.1 Å². The van der Waals surface area contributed by atoms with Crippen LogP contribution < -0.4 is 5.73 Å². The van der Waals surface area contributed by atoms with Crippen LogP contribution in [0, 0.1) is 20.2 Å². The van der Waals surface area contributed by atoms with Gasteiger partial charge in [-0.3, -0.25) is 20.2 Å². The molecule has 0 unspecified atom stereocenters. The van der Waals surface area contributed by atoms with Gasteiger partial charge < -0.3 is 10.2 Å². The lowest BCUT2D eigenvalue weighted by atomic mass is 10.1. The van der Waals surface area contributed by atoms with E-state index in [1.165, 1.54) is 6.07 Å². The van der Waals surface area contributed by atoms with Crippen LogP contribution in [0.2, 0.25) is 0 Å². The van der Waals surface area contributed by atoms with Crippen molar-refractivity contribution in [3.05, 3.63) is 62.7 Å². The predicted octanol–water partition coefficient (Wildman–Crippen LogP) is 3.50. The molecule has 2 aromatic carbocycles. The van der Waals surface area contributed by atoms with Gasteiger partial charge in [0, 0.05) is 5.56 Å². The van der Waals surface area contributed by atoms with Crippen molar-refractivity contribution in [2.45, 2.75) is 0 Å². The van der Waals surface area contributed by atoms with E-state index in [0.717, 1.165) is 6.07 Å². The van der Waals surface area contributed by atoms with Gasteiger partial charge in [-0.15, -0.1) is 0 Å². The first-order valence-electron chi connectivity index (χ1n) is 6.19. The van der Waals surface area contributed by atoms with E-state index in [-0.39, 0.29) is 16.7 Å². The summed E-state index contributed by atoms with van der Waals surface area (Å²) < 4.78 is 5.53. The zero-order valence-electron chi connectivity index (χ0n) is 11.1. The summed E-state index contributed by atoms with van der Waals surface area (Å²) >= 11 is 0. The lowest BCUT2D eigenvalue weighted by Gasteiger charge is -1.99. The van der Waals surface area contributed by atoms with Crippen molar-refractivity contribution in [1.82, 2.24) is 0 Å². The molecule has 0 saturated carbocycles. The number of nitrogens with two attached hydrogens (primary N) is 1. The van der Waals surface area contributed by atoms with E-state index in [0.29, 0.717) is 11.3 Å². The molecule has 3 rings (SSSR count). The number of nitro benzene ring substituents is 2. The molecule has 0 radical (unpaired) electrons. The monoisotopic (exact) mass is 299 g/mol. The van der Waals surface area contributed by atoms with Gasteiger partial charge in [0.2, 0.25) is 0 Å². The van der Waals surface area contributed by atoms with Crippen molar-refractivity contribution >= 4 is 28.0 Å². The summed E-state index contributed by atoms with van der Waals surface area (Å²) in [5.74, 6) is 0.353. The minimum Gasteiger partial charge on any atom is -0.453 e. The number of benzene rings is 2. The first kappa shape index (κ1) is 13.6. The van der Waals surface area contributed by atoms with Crippen molar-refractivity contribution in [3.8, 4) is 11.3 Å². The molecule has 8 heteroatoms. The lowest BCUT2D eigenvalue weighted by Crippen LogP contribution is -1.98. The average molecular weight is 299 g/mol. The van der Waals surface area contributed by atoms with Crippen LogP contribution >= 0.6 is 0 Å². The van der Waals surface area contributed by atoms with E-state index in [9.17, 15) is 20.2 Å². The first-order valence-corrected chi connectivity index (χ1v) is 6.19. The Kier molecular flexibility index (Phi) is 2.99. The number of furan rings is 1. The normalized spacial score (nSPS) is 10.7. The molecule has 0 fully saturated rings. The van der Waals surface area contributed by atoms with Crippen LogP contribution in [0.15, 0.2) is 46.9 Å². The molecule has 3 aromatic rings. The zero-order chi connectivity index (χ0) is 15.9. The van der Waals surface area contributed by atoms with E-state index < -0.39 is 21.2 Å². The third kappa shape index (κ3) is 2.03. The molecule has 110 valence electrons. The Morgan fingerprint density at radius 3 is 2.18 bits per heavy atom. The summed E-state index contributed by atoms with van der Waals surface area (Å²) in [5.41, 5.74) is 5.16. The van der Waals surface area contributed by atoms with Crippen LogP contribution in [0.5, 0.6) is 0 Å². The Bertz CT molecular complexity index is 902. The topological polar surface area (TPSA) is 125 Å². The highest BCUT2D eigenvalue weighted by Crippen LogP contribution is 2.41. The SMILES string of the molecule is Nc1c([N+](=O)[O-])cc([N+](=O)[O-])c2cc(-c3ccccc3)oc12. The number of fused-ring (bicyclic) bond motifs is 1. The molecule has 0 aliphatic heterocycles. The lowest BCUT2D eigenvalue weighted by molar-refractivity contribution is -0.392. The van der Waals surface area contributed by atoms with Gasteiger partial charge in [0.15, 0.2) is 11.3 Å². The Morgan fingerprint density at radius 1 is 0.955 bits per heavy atom.